The molecule has 0 N–H and O–H groups in total. The Morgan fingerprint density at radius 1 is 1.32 bits per heavy atom. The van der Waals surface area contributed by atoms with Gasteiger partial charge in [0.15, 0.2) is 0 Å². The summed E-state index contributed by atoms with van der Waals surface area (Å²) in [5.41, 5.74) is 0.374. The predicted octanol–water partition coefficient (Wildman–Crippen LogP) is 2.45. The van der Waals surface area contributed by atoms with Gasteiger partial charge in [0.1, 0.15) is 6.61 Å². The fourth-order valence-electron chi connectivity index (χ4n) is 2.34. The number of hydrogen-bond acceptors (Lipinski definition) is 3. The van der Waals surface area contributed by atoms with Crippen molar-refractivity contribution in [3.63, 3.8) is 0 Å². The number of nitrogens with zero attached hydrogens (tertiary/aromatic N) is 1. The summed E-state index contributed by atoms with van der Waals surface area (Å²) in [6.45, 7) is 9.30. The van der Waals surface area contributed by atoms with Crippen LogP contribution in [0.4, 0.5) is 0 Å². The number of rotatable bonds is 6. The van der Waals surface area contributed by atoms with Gasteiger partial charge in [-0.2, -0.15) is 0 Å². The first-order valence-electron chi connectivity index (χ1n) is 6.82. The molecule has 0 aromatic rings. The van der Waals surface area contributed by atoms with Gasteiger partial charge in [0.2, 0.25) is 5.91 Å². The second kappa shape index (κ2) is 7.77. The van der Waals surface area contributed by atoms with Crippen molar-refractivity contribution in [2.75, 3.05) is 13.2 Å². The molecule has 106 valence electrons. The molecule has 0 radical (unpaired) electrons. The summed E-state index contributed by atoms with van der Waals surface area (Å²) in [6, 6.07) is 0.253. The monoisotopic (exact) mass is 265 g/mol. The van der Waals surface area contributed by atoms with E-state index in [0.717, 1.165) is 25.7 Å². The van der Waals surface area contributed by atoms with Crippen LogP contribution in [0.2, 0.25) is 0 Å². The van der Waals surface area contributed by atoms with Gasteiger partial charge in [0, 0.05) is 11.6 Å². The molecule has 1 fully saturated rings. The molecule has 0 bridgehead atoms. The maximum absolute atomic E-state index is 11.9. The quantitative estimate of drug-likeness (QED) is 0.547. The van der Waals surface area contributed by atoms with Crippen molar-refractivity contribution in [2.24, 2.45) is 0 Å². The van der Waals surface area contributed by atoms with E-state index in [1.165, 1.54) is 12.5 Å². The Balaban J connectivity index is 2.50. The maximum Gasteiger partial charge on any atom is 0.333 e. The zero-order valence-electron chi connectivity index (χ0n) is 11.7. The van der Waals surface area contributed by atoms with Crippen molar-refractivity contribution in [2.45, 2.75) is 45.1 Å². The number of carbonyl (C=O) groups is 2. The zero-order valence-corrected chi connectivity index (χ0v) is 11.7. The van der Waals surface area contributed by atoms with Gasteiger partial charge in [0.25, 0.3) is 0 Å². The molecule has 0 aromatic heterocycles. The minimum atomic E-state index is -0.408. The van der Waals surface area contributed by atoms with Gasteiger partial charge in [-0.05, 0) is 25.8 Å². The molecule has 0 atom stereocenters. The summed E-state index contributed by atoms with van der Waals surface area (Å²) < 4.78 is 5.05. The summed E-state index contributed by atoms with van der Waals surface area (Å²) >= 11 is 0. The Bertz CT molecular complexity index is 356. The lowest BCUT2D eigenvalue weighted by Gasteiger charge is -2.33. The standard InChI is InChI=1S/C15H23NO3/c1-4-14(17)16(13-8-6-5-7-9-13)10-11-19-15(18)12(2)3/h4,13H,1-2,5-11H2,3H3. The molecule has 1 rings (SSSR count). The third-order valence-corrected chi connectivity index (χ3v) is 3.39. The average Bonchev–Trinajstić information content (AvgIpc) is 2.43. The van der Waals surface area contributed by atoms with Crippen molar-refractivity contribution >= 4 is 11.9 Å². The minimum Gasteiger partial charge on any atom is -0.460 e. The highest BCUT2D eigenvalue weighted by molar-refractivity contribution is 5.88. The van der Waals surface area contributed by atoms with Gasteiger partial charge >= 0.3 is 5.97 Å². The first-order valence-corrected chi connectivity index (χ1v) is 6.82. The number of carbonyl (C=O) groups excluding carboxylic acids is 2. The molecule has 4 nitrogen and oxygen atoms in total. The second-order valence-electron chi connectivity index (χ2n) is 4.94. The summed E-state index contributed by atoms with van der Waals surface area (Å²) in [5, 5.41) is 0. The highest BCUT2D eigenvalue weighted by Gasteiger charge is 2.23. The van der Waals surface area contributed by atoms with E-state index in [9.17, 15) is 9.59 Å². The average molecular weight is 265 g/mol. The summed E-state index contributed by atoms with van der Waals surface area (Å²) in [4.78, 5) is 24.9. The molecule has 0 unspecified atom stereocenters. The Morgan fingerprint density at radius 3 is 2.47 bits per heavy atom. The Morgan fingerprint density at radius 2 is 1.95 bits per heavy atom. The molecule has 0 aromatic carbocycles. The van der Waals surface area contributed by atoms with Crippen LogP contribution in [0.25, 0.3) is 0 Å². The third kappa shape index (κ3) is 4.89. The highest BCUT2D eigenvalue weighted by atomic mass is 16.5. The van der Waals surface area contributed by atoms with Gasteiger partial charge < -0.3 is 9.64 Å². The molecule has 1 aliphatic carbocycles. The molecular formula is C15H23NO3. The summed E-state index contributed by atoms with van der Waals surface area (Å²) in [7, 11) is 0. The second-order valence-corrected chi connectivity index (χ2v) is 4.94. The van der Waals surface area contributed by atoms with Gasteiger partial charge in [-0.25, -0.2) is 4.79 Å². The fourth-order valence-corrected chi connectivity index (χ4v) is 2.34. The van der Waals surface area contributed by atoms with E-state index in [1.54, 1.807) is 11.8 Å². The van der Waals surface area contributed by atoms with E-state index < -0.39 is 5.97 Å². The Labute approximate surface area is 115 Å². The van der Waals surface area contributed by atoms with Crippen LogP contribution in [0.3, 0.4) is 0 Å². The Hall–Kier alpha value is -1.58. The van der Waals surface area contributed by atoms with Crippen molar-refractivity contribution in [1.82, 2.24) is 4.90 Å². The lowest BCUT2D eigenvalue weighted by molar-refractivity contribution is -0.141. The van der Waals surface area contributed by atoms with E-state index in [0.29, 0.717) is 12.1 Å². The SMILES string of the molecule is C=CC(=O)N(CCOC(=O)C(=C)C)C1CCCCC1. The van der Waals surface area contributed by atoms with Crippen LogP contribution in [-0.2, 0) is 14.3 Å². The smallest absolute Gasteiger partial charge is 0.333 e. The molecule has 0 heterocycles. The molecule has 1 aliphatic rings. The molecule has 4 heteroatoms. The van der Waals surface area contributed by atoms with E-state index in [-0.39, 0.29) is 18.6 Å². The van der Waals surface area contributed by atoms with Crippen LogP contribution >= 0.6 is 0 Å². The van der Waals surface area contributed by atoms with Crippen LogP contribution in [0.15, 0.2) is 24.8 Å². The minimum absolute atomic E-state index is 0.0849. The number of ether oxygens (including phenoxy) is 1. The van der Waals surface area contributed by atoms with Gasteiger partial charge in [0.05, 0.1) is 6.54 Å². The normalized spacial score (nSPS) is 15.6. The van der Waals surface area contributed by atoms with Gasteiger partial charge in [-0.1, -0.05) is 32.4 Å². The molecule has 1 saturated carbocycles. The molecule has 1 amide bonds. The van der Waals surface area contributed by atoms with Crippen LogP contribution in [0.5, 0.6) is 0 Å². The van der Waals surface area contributed by atoms with Crippen molar-refractivity contribution < 1.29 is 14.3 Å². The first kappa shape index (κ1) is 15.5. The molecule has 0 saturated heterocycles. The van der Waals surface area contributed by atoms with Gasteiger partial charge in [-0.15, -0.1) is 0 Å². The van der Waals surface area contributed by atoms with E-state index in [4.69, 9.17) is 4.74 Å². The van der Waals surface area contributed by atoms with Crippen molar-refractivity contribution in [3.8, 4) is 0 Å². The van der Waals surface area contributed by atoms with Crippen LogP contribution in [0, 0.1) is 0 Å². The molecule has 0 spiro atoms. The van der Waals surface area contributed by atoms with Crippen molar-refractivity contribution in [3.05, 3.63) is 24.8 Å². The third-order valence-electron chi connectivity index (χ3n) is 3.39. The van der Waals surface area contributed by atoms with Crippen LogP contribution < -0.4 is 0 Å². The van der Waals surface area contributed by atoms with E-state index >= 15 is 0 Å². The number of hydrogen-bond donors (Lipinski definition) is 0. The lowest BCUT2D eigenvalue weighted by Crippen LogP contribution is -2.42. The topological polar surface area (TPSA) is 46.6 Å². The maximum atomic E-state index is 11.9. The molecular weight excluding hydrogens is 242 g/mol. The van der Waals surface area contributed by atoms with E-state index in [2.05, 4.69) is 13.2 Å². The molecule has 19 heavy (non-hydrogen) atoms. The summed E-state index contributed by atoms with van der Waals surface area (Å²) in [5.74, 6) is -0.493. The zero-order chi connectivity index (χ0) is 14.3. The van der Waals surface area contributed by atoms with Crippen molar-refractivity contribution in [1.29, 1.82) is 0 Å². The predicted molar refractivity (Wildman–Crippen MR) is 74.6 cm³/mol. The fraction of sp³-hybridized carbons (Fsp3) is 0.600. The summed E-state index contributed by atoms with van der Waals surface area (Å²) in [6.07, 6.45) is 6.91. The molecule has 0 aliphatic heterocycles. The highest BCUT2D eigenvalue weighted by Crippen LogP contribution is 2.22. The number of amides is 1. The van der Waals surface area contributed by atoms with Crippen LogP contribution in [-0.4, -0.2) is 36.0 Å². The lowest BCUT2D eigenvalue weighted by atomic mass is 9.94. The number of esters is 1. The van der Waals surface area contributed by atoms with E-state index in [1.807, 2.05) is 0 Å². The largest absolute Gasteiger partial charge is 0.460 e. The van der Waals surface area contributed by atoms with Gasteiger partial charge in [-0.3, -0.25) is 4.79 Å². The Kier molecular flexibility index (Phi) is 6.33. The first-order chi connectivity index (χ1) is 9.06. The van der Waals surface area contributed by atoms with Crippen LogP contribution in [0.1, 0.15) is 39.0 Å².